The third kappa shape index (κ3) is 1.75. The Morgan fingerprint density at radius 1 is 1.50 bits per heavy atom. The lowest BCUT2D eigenvalue weighted by molar-refractivity contribution is 0.472. The van der Waals surface area contributed by atoms with Crippen LogP contribution in [0, 0.1) is 5.92 Å². The predicted molar refractivity (Wildman–Crippen MR) is 57.1 cm³/mol. The molecule has 0 spiro atoms. The number of phenols is 1. The highest BCUT2D eigenvalue weighted by Crippen LogP contribution is 2.41. The van der Waals surface area contributed by atoms with Crippen LogP contribution in [-0.2, 0) is 6.42 Å². The summed E-state index contributed by atoms with van der Waals surface area (Å²) in [4.78, 5) is 0. The van der Waals surface area contributed by atoms with E-state index in [1.165, 1.54) is 18.4 Å². The molecule has 1 aliphatic rings. The SMILES string of the molecule is CCc1ccc(O)cc1C(N)C1CC1. The Hall–Kier alpha value is -1.02. The van der Waals surface area contributed by atoms with Crippen LogP contribution in [0.5, 0.6) is 5.75 Å². The maximum Gasteiger partial charge on any atom is 0.115 e. The molecule has 3 N–H and O–H groups in total. The number of phenolic OH excluding ortho intramolecular Hbond substituents is 1. The van der Waals surface area contributed by atoms with Crippen molar-refractivity contribution in [2.75, 3.05) is 0 Å². The zero-order valence-corrected chi connectivity index (χ0v) is 8.53. The van der Waals surface area contributed by atoms with Crippen molar-refractivity contribution in [3.05, 3.63) is 29.3 Å². The van der Waals surface area contributed by atoms with Gasteiger partial charge in [0.15, 0.2) is 0 Å². The van der Waals surface area contributed by atoms with Crippen LogP contribution < -0.4 is 5.73 Å². The number of benzene rings is 1. The first-order chi connectivity index (χ1) is 6.72. The predicted octanol–water partition coefficient (Wildman–Crippen LogP) is 2.36. The van der Waals surface area contributed by atoms with E-state index in [1.54, 1.807) is 6.07 Å². The molecule has 1 fully saturated rings. The van der Waals surface area contributed by atoms with E-state index in [1.807, 2.05) is 12.1 Å². The summed E-state index contributed by atoms with van der Waals surface area (Å²) >= 11 is 0. The first-order valence-electron chi connectivity index (χ1n) is 5.29. The van der Waals surface area contributed by atoms with Gasteiger partial charge in [0.1, 0.15) is 5.75 Å². The van der Waals surface area contributed by atoms with Gasteiger partial charge in [0.05, 0.1) is 0 Å². The fourth-order valence-corrected chi connectivity index (χ4v) is 1.92. The van der Waals surface area contributed by atoms with Crippen LogP contribution in [0.15, 0.2) is 18.2 Å². The van der Waals surface area contributed by atoms with Gasteiger partial charge in [-0.2, -0.15) is 0 Å². The first-order valence-corrected chi connectivity index (χ1v) is 5.29. The minimum absolute atomic E-state index is 0.122. The lowest BCUT2D eigenvalue weighted by atomic mass is 9.96. The van der Waals surface area contributed by atoms with Crippen molar-refractivity contribution in [2.45, 2.75) is 32.2 Å². The third-order valence-corrected chi connectivity index (χ3v) is 3.00. The summed E-state index contributed by atoms with van der Waals surface area (Å²) in [6.07, 6.45) is 3.45. The van der Waals surface area contributed by atoms with Crippen molar-refractivity contribution < 1.29 is 5.11 Å². The molecule has 2 nitrogen and oxygen atoms in total. The molecule has 1 unspecified atom stereocenters. The highest BCUT2D eigenvalue weighted by molar-refractivity contribution is 5.37. The molecule has 0 aromatic heterocycles. The third-order valence-electron chi connectivity index (χ3n) is 3.00. The van der Waals surface area contributed by atoms with E-state index in [4.69, 9.17) is 5.73 Å². The first kappa shape index (κ1) is 9.53. The summed E-state index contributed by atoms with van der Waals surface area (Å²) in [7, 11) is 0. The number of aromatic hydroxyl groups is 1. The minimum Gasteiger partial charge on any atom is -0.508 e. The zero-order valence-electron chi connectivity index (χ0n) is 8.53. The summed E-state index contributed by atoms with van der Waals surface area (Å²) in [5.41, 5.74) is 8.53. The van der Waals surface area contributed by atoms with Gasteiger partial charge in [0.25, 0.3) is 0 Å². The van der Waals surface area contributed by atoms with E-state index in [0.29, 0.717) is 11.7 Å². The van der Waals surface area contributed by atoms with Gasteiger partial charge in [0, 0.05) is 6.04 Å². The molecular weight excluding hydrogens is 174 g/mol. The summed E-state index contributed by atoms with van der Waals surface area (Å²) < 4.78 is 0. The molecule has 0 saturated heterocycles. The van der Waals surface area contributed by atoms with Gasteiger partial charge in [-0.25, -0.2) is 0 Å². The fraction of sp³-hybridized carbons (Fsp3) is 0.500. The Bertz CT molecular complexity index is 331. The van der Waals surface area contributed by atoms with Gasteiger partial charge in [-0.3, -0.25) is 0 Å². The Balaban J connectivity index is 2.32. The van der Waals surface area contributed by atoms with E-state index in [2.05, 4.69) is 6.92 Å². The number of rotatable bonds is 3. The lowest BCUT2D eigenvalue weighted by Crippen LogP contribution is -2.14. The van der Waals surface area contributed by atoms with E-state index in [9.17, 15) is 5.11 Å². The maximum absolute atomic E-state index is 9.43. The summed E-state index contributed by atoms with van der Waals surface area (Å²) in [5, 5.41) is 9.43. The molecule has 0 bridgehead atoms. The number of nitrogens with two attached hydrogens (primary N) is 1. The smallest absolute Gasteiger partial charge is 0.115 e. The average Bonchev–Trinajstić information content (AvgIpc) is 3.00. The topological polar surface area (TPSA) is 46.2 Å². The molecule has 1 aromatic carbocycles. The monoisotopic (exact) mass is 191 g/mol. The van der Waals surface area contributed by atoms with Crippen molar-refractivity contribution in [2.24, 2.45) is 11.7 Å². The lowest BCUT2D eigenvalue weighted by Gasteiger charge is -2.15. The fourth-order valence-electron chi connectivity index (χ4n) is 1.92. The molecule has 14 heavy (non-hydrogen) atoms. The van der Waals surface area contributed by atoms with Crippen LogP contribution >= 0.6 is 0 Å². The van der Waals surface area contributed by atoms with Crippen molar-refractivity contribution >= 4 is 0 Å². The van der Waals surface area contributed by atoms with Crippen LogP contribution in [0.4, 0.5) is 0 Å². The van der Waals surface area contributed by atoms with Crippen molar-refractivity contribution in [3.63, 3.8) is 0 Å². The van der Waals surface area contributed by atoms with Crippen molar-refractivity contribution in [1.29, 1.82) is 0 Å². The van der Waals surface area contributed by atoms with Crippen molar-refractivity contribution in [1.82, 2.24) is 0 Å². The molecule has 2 heteroatoms. The van der Waals surface area contributed by atoms with Gasteiger partial charge in [0.2, 0.25) is 0 Å². The van der Waals surface area contributed by atoms with E-state index in [0.717, 1.165) is 12.0 Å². The Morgan fingerprint density at radius 2 is 2.21 bits per heavy atom. The average molecular weight is 191 g/mol. The number of hydrogen-bond acceptors (Lipinski definition) is 2. The molecule has 0 amide bonds. The summed E-state index contributed by atoms with van der Waals surface area (Å²) in [5.74, 6) is 0.968. The molecule has 0 radical (unpaired) electrons. The molecule has 1 atom stereocenters. The molecule has 1 aromatic rings. The van der Waals surface area contributed by atoms with Crippen molar-refractivity contribution in [3.8, 4) is 5.75 Å². The number of hydrogen-bond donors (Lipinski definition) is 2. The van der Waals surface area contributed by atoms with Gasteiger partial charge in [-0.1, -0.05) is 13.0 Å². The van der Waals surface area contributed by atoms with Gasteiger partial charge in [-0.15, -0.1) is 0 Å². The Labute approximate surface area is 84.7 Å². The highest BCUT2D eigenvalue weighted by atomic mass is 16.3. The van der Waals surface area contributed by atoms with Crippen LogP contribution in [-0.4, -0.2) is 5.11 Å². The number of aryl methyl sites for hydroxylation is 1. The van der Waals surface area contributed by atoms with Crippen LogP contribution in [0.25, 0.3) is 0 Å². The van der Waals surface area contributed by atoms with Gasteiger partial charge in [-0.05, 0) is 48.4 Å². The maximum atomic E-state index is 9.43. The van der Waals surface area contributed by atoms with E-state index < -0.39 is 0 Å². The molecule has 0 aliphatic heterocycles. The Morgan fingerprint density at radius 3 is 2.79 bits per heavy atom. The van der Waals surface area contributed by atoms with Gasteiger partial charge < -0.3 is 10.8 Å². The molecule has 76 valence electrons. The van der Waals surface area contributed by atoms with Crippen LogP contribution in [0.3, 0.4) is 0 Å². The zero-order chi connectivity index (χ0) is 10.1. The van der Waals surface area contributed by atoms with E-state index in [-0.39, 0.29) is 6.04 Å². The molecular formula is C12H17NO. The Kier molecular flexibility index (Phi) is 2.46. The van der Waals surface area contributed by atoms with Crippen LogP contribution in [0.2, 0.25) is 0 Å². The van der Waals surface area contributed by atoms with Gasteiger partial charge >= 0.3 is 0 Å². The normalized spacial score (nSPS) is 18.1. The molecule has 0 heterocycles. The molecule has 1 saturated carbocycles. The second-order valence-corrected chi connectivity index (χ2v) is 4.10. The highest BCUT2D eigenvalue weighted by Gasteiger charge is 2.30. The van der Waals surface area contributed by atoms with Crippen LogP contribution in [0.1, 0.15) is 36.9 Å². The van der Waals surface area contributed by atoms with E-state index >= 15 is 0 Å². The second kappa shape index (κ2) is 3.62. The minimum atomic E-state index is 0.122. The summed E-state index contributed by atoms with van der Waals surface area (Å²) in [6.45, 7) is 2.12. The standard InChI is InChI=1S/C12H17NO/c1-2-8-5-6-10(14)7-11(8)12(13)9-3-4-9/h5-7,9,12,14H,2-4,13H2,1H3. The quantitative estimate of drug-likeness (QED) is 0.770. The second-order valence-electron chi connectivity index (χ2n) is 4.10. The largest absolute Gasteiger partial charge is 0.508 e. The summed E-state index contributed by atoms with van der Waals surface area (Å²) in [6, 6.07) is 5.66. The molecule has 1 aliphatic carbocycles. The molecule has 2 rings (SSSR count).